The molecule has 0 atom stereocenters. The number of nitrogens with zero attached hydrogens (tertiary/aromatic N) is 3. The number of aromatic nitrogens is 1. The van der Waals surface area contributed by atoms with E-state index in [0.717, 1.165) is 71.0 Å². The van der Waals surface area contributed by atoms with Gasteiger partial charge in [0.25, 0.3) is 5.91 Å². The molecule has 1 N–H and O–H groups in total. The molecule has 1 aromatic rings. The van der Waals surface area contributed by atoms with Crippen LogP contribution >= 0.6 is 0 Å². The van der Waals surface area contributed by atoms with Crippen molar-refractivity contribution in [2.24, 2.45) is 0 Å². The third kappa shape index (κ3) is 4.65. The van der Waals surface area contributed by atoms with Crippen molar-refractivity contribution < 1.29 is 9.53 Å². The summed E-state index contributed by atoms with van der Waals surface area (Å²) in [6.45, 7) is 7.20. The van der Waals surface area contributed by atoms with Crippen molar-refractivity contribution in [3.8, 4) is 0 Å². The van der Waals surface area contributed by atoms with Crippen LogP contribution in [0.3, 0.4) is 0 Å². The predicted molar refractivity (Wildman–Crippen MR) is 89.7 cm³/mol. The van der Waals surface area contributed by atoms with Gasteiger partial charge in [-0.25, -0.2) is 0 Å². The molecule has 1 amide bonds. The minimum Gasteiger partial charge on any atom is -0.384 e. The lowest BCUT2D eigenvalue weighted by atomic mass is 10.1. The first-order valence-electron chi connectivity index (χ1n) is 8.62. The van der Waals surface area contributed by atoms with Crippen LogP contribution in [0.2, 0.25) is 0 Å². The van der Waals surface area contributed by atoms with E-state index < -0.39 is 0 Å². The number of pyridine rings is 1. The molecule has 1 aromatic heterocycles. The highest BCUT2D eigenvalue weighted by molar-refractivity contribution is 5.93. The van der Waals surface area contributed by atoms with Crippen LogP contribution in [0.15, 0.2) is 18.3 Å². The van der Waals surface area contributed by atoms with Crippen molar-refractivity contribution in [2.45, 2.75) is 19.3 Å². The maximum Gasteiger partial charge on any atom is 0.272 e. The molecule has 0 radical (unpaired) electrons. The number of piperidine rings is 1. The average molecular weight is 318 g/mol. The van der Waals surface area contributed by atoms with Gasteiger partial charge in [0.05, 0.1) is 13.2 Å². The van der Waals surface area contributed by atoms with E-state index in [1.165, 1.54) is 6.42 Å². The highest BCUT2D eigenvalue weighted by atomic mass is 16.5. The zero-order chi connectivity index (χ0) is 15.9. The fraction of sp³-hybridized carbons (Fsp3) is 0.647. The molecule has 2 aliphatic heterocycles. The van der Waals surface area contributed by atoms with Crippen molar-refractivity contribution in [2.75, 3.05) is 57.8 Å². The van der Waals surface area contributed by atoms with E-state index in [9.17, 15) is 4.79 Å². The van der Waals surface area contributed by atoms with Gasteiger partial charge in [-0.1, -0.05) is 0 Å². The lowest BCUT2D eigenvalue weighted by Gasteiger charge is -2.27. The molecular weight excluding hydrogens is 292 g/mol. The lowest BCUT2D eigenvalue weighted by Crippen LogP contribution is -2.39. The van der Waals surface area contributed by atoms with E-state index in [-0.39, 0.29) is 5.91 Å². The van der Waals surface area contributed by atoms with Crippen LogP contribution in [-0.2, 0) is 4.74 Å². The van der Waals surface area contributed by atoms with Gasteiger partial charge < -0.3 is 15.0 Å². The second-order valence-corrected chi connectivity index (χ2v) is 6.16. The second-order valence-electron chi connectivity index (χ2n) is 6.16. The van der Waals surface area contributed by atoms with Gasteiger partial charge in [0, 0.05) is 51.2 Å². The Kier molecular flexibility index (Phi) is 5.82. The monoisotopic (exact) mass is 318 g/mol. The number of hydrogen-bond acceptors (Lipinski definition) is 5. The summed E-state index contributed by atoms with van der Waals surface area (Å²) in [5.74, 6) is 0.0570. The van der Waals surface area contributed by atoms with Gasteiger partial charge in [-0.15, -0.1) is 0 Å². The van der Waals surface area contributed by atoms with Gasteiger partial charge in [-0.05, 0) is 31.4 Å². The Labute approximate surface area is 137 Å². The molecule has 3 rings (SSSR count). The number of ether oxygens (including phenoxy) is 1. The number of amides is 1. The first-order chi connectivity index (χ1) is 11.3. The SMILES string of the molecule is O=C(c1cc(NCCN2CCOCC2)ccn1)N1CCCCC1. The van der Waals surface area contributed by atoms with Gasteiger partial charge >= 0.3 is 0 Å². The van der Waals surface area contributed by atoms with Gasteiger partial charge in [-0.3, -0.25) is 14.7 Å². The number of carbonyl (C=O) groups is 1. The van der Waals surface area contributed by atoms with Gasteiger partial charge in [0.15, 0.2) is 0 Å². The molecule has 0 unspecified atom stereocenters. The predicted octanol–water partition coefficient (Wildman–Crippen LogP) is 1.45. The molecular formula is C17H26N4O2. The fourth-order valence-corrected chi connectivity index (χ4v) is 3.10. The first kappa shape index (κ1) is 16.2. The normalized spacial score (nSPS) is 19.6. The van der Waals surface area contributed by atoms with E-state index in [2.05, 4.69) is 15.2 Å². The maximum absolute atomic E-state index is 12.5. The average Bonchev–Trinajstić information content (AvgIpc) is 2.63. The van der Waals surface area contributed by atoms with Crippen molar-refractivity contribution in [1.29, 1.82) is 0 Å². The molecule has 23 heavy (non-hydrogen) atoms. The standard InChI is InChI=1S/C17H26N4O2/c22-17(21-7-2-1-3-8-21)16-14-15(4-5-19-16)18-6-9-20-10-12-23-13-11-20/h4-5,14H,1-3,6-13H2,(H,18,19). The molecule has 2 aliphatic rings. The van der Waals surface area contributed by atoms with Crippen LogP contribution < -0.4 is 5.32 Å². The third-order valence-corrected chi connectivity index (χ3v) is 4.48. The number of likely N-dealkylation sites (tertiary alicyclic amines) is 1. The van der Waals surface area contributed by atoms with Crippen LogP contribution in [0.5, 0.6) is 0 Å². The van der Waals surface area contributed by atoms with Crippen molar-refractivity contribution >= 4 is 11.6 Å². The summed E-state index contributed by atoms with van der Waals surface area (Å²) in [6.07, 6.45) is 5.14. The number of carbonyl (C=O) groups excluding carboxylic acids is 1. The Morgan fingerprint density at radius 3 is 2.74 bits per heavy atom. The smallest absolute Gasteiger partial charge is 0.272 e. The second kappa shape index (κ2) is 8.26. The van der Waals surface area contributed by atoms with Crippen molar-refractivity contribution in [3.05, 3.63) is 24.0 Å². The van der Waals surface area contributed by atoms with E-state index in [0.29, 0.717) is 5.69 Å². The van der Waals surface area contributed by atoms with Gasteiger partial charge in [0.2, 0.25) is 0 Å². The molecule has 126 valence electrons. The topological polar surface area (TPSA) is 57.7 Å². The fourth-order valence-electron chi connectivity index (χ4n) is 3.10. The number of hydrogen-bond donors (Lipinski definition) is 1. The minimum absolute atomic E-state index is 0.0570. The molecule has 0 spiro atoms. The van der Waals surface area contributed by atoms with E-state index >= 15 is 0 Å². The highest BCUT2D eigenvalue weighted by Gasteiger charge is 2.19. The van der Waals surface area contributed by atoms with Crippen molar-refractivity contribution in [1.82, 2.24) is 14.8 Å². The quantitative estimate of drug-likeness (QED) is 0.890. The molecule has 2 saturated heterocycles. The number of anilines is 1. The van der Waals surface area contributed by atoms with Crippen LogP contribution in [-0.4, -0.2) is 73.2 Å². The Hall–Kier alpha value is -1.66. The number of morpholine rings is 1. The summed E-state index contributed by atoms with van der Waals surface area (Å²) in [5, 5.41) is 3.40. The molecule has 0 bridgehead atoms. The summed E-state index contributed by atoms with van der Waals surface area (Å²) in [4.78, 5) is 21.0. The molecule has 2 fully saturated rings. The Balaban J connectivity index is 1.51. The molecule has 6 nitrogen and oxygen atoms in total. The lowest BCUT2D eigenvalue weighted by molar-refractivity contribution is 0.0398. The van der Waals surface area contributed by atoms with Crippen LogP contribution in [0, 0.1) is 0 Å². The van der Waals surface area contributed by atoms with Crippen LogP contribution in [0.25, 0.3) is 0 Å². The summed E-state index contributed by atoms with van der Waals surface area (Å²) in [5.41, 5.74) is 1.51. The van der Waals surface area contributed by atoms with Crippen LogP contribution in [0.1, 0.15) is 29.8 Å². The zero-order valence-corrected chi connectivity index (χ0v) is 13.7. The molecule has 3 heterocycles. The Morgan fingerprint density at radius 1 is 1.17 bits per heavy atom. The molecule has 0 aromatic carbocycles. The minimum atomic E-state index is 0.0570. The Bertz CT molecular complexity index is 511. The maximum atomic E-state index is 12.5. The molecule has 0 aliphatic carbocycles. The zero-order valence-electron chi connectivity index (χ0n) is 13.7. The largest absolute Gasteiger partial charge is 0.384 e. The summed E-state index contributed by atoms with van der Waals surface area (Å²) in [7, 11) is 0. The molecule has 0 saturated carbocycles. The first-order valence-corrected chi connectivity index (χ1v) is 8.62. The van der Waals surface area contributed by atoms with E-state index in [4.69, 9.17) is 4.74 Å². The van der Waals surface area contributed by atoms with Crippen molar-refractivity contribution in [3.63, 3.8) is 0 Å². The third-order valence-electron chi connectivity index (χ3n) is 4.48. The Morgan fingerprint density at radius 2 is 1.96 bits per heavy atom. The van der Waals surface area contributed by atoms with E-state index in [1.807, 2.05) is 17.0 Å². The van der Waals surface area contributed by atoms with E-state index in [1.54, 1.807) is 6.20 Å². The van der Waals surface area contributed by atoms with Crippen LogP contribution in [0.4, 0.5) is 5.69 Å². The van der Waals surface area contributed by atoms with Gasteiger partial charge in [0.1, 0.15) is 5.69 Å². The summed E-state index contributed by atoms with van der Waals surface area (Å²) < 4.78 is 5.35. The summed E-state index contributed by atoms with van der Waals surface area (Å²) in [6, 6.07) is 3.79. The van der Waals surface area contributed by atoms with Gasteiger partial charge in [-0.2, -0.15) is 0 Å². The highest BCUT2D eigenvalue weighted by Crippen LogP contribution is 2.14. The number of nitrogens with one attached hydrogen (secondary N) is 1. The molecule has 6 heteroatoms. The summed E-state index contributed by atoms with van der Waals surface area (Å²) >= 11 is 0. The number of rotatable bonds is 5.